The van der Waals surface area contributed by atoms with Gasteiger partial charge in [0.25, 0.3) is 0 Å². The van der Waals surface area contributed by atoms with Gasteiger partial charge in [-0.05, 0) is 0 Å². The molecule has 0 spiro atoms. The Morgan fingerprint density at radius 2 is 1.86 bits per heavy atom. The quantitative estimate of drug-likeness (QED) is 0.554. The fourth-order valence-corrected chi connectivity index (χ4v) is 0.764. The van der Waals surface area contributed by atoms with Crippen LogP contribution in [-0.2, 0) is 6.42 Å². The van der Waals surface area contributed by atoms with E-state index >= 15 is 0 Å². The van der Waals surface area contributed by atoms with Crippen LogP contribution in [0.4, 0.5) is 13.2 Å². The Balaban J connectivity index is 2.79. The molecular formula is C7H7F3N4. The predicted molar refractivity (Wildman–Crippen MR) is 42.8 cm³/mol. The van der Waals surface area contributed by atoms with E-state index in [1.165, 1.54) is 0 Å². The number of nitrogens with zero attached hydrogens (tertiary/aromatic N) is 2. The van der Waals surface area contributed by atoms with Crippen molar-refractivity contribution in [2.45, 2.75) is 12.6 Å². The number of hydrogen-bond donors (Lipinski definition) is 2. The van der Waals surface area contributed by atoms with E-state index in [4.69, 9.17) is 11.1 Å². The fourth-order valence-electron chi connectivity index (χ4n) is 0.764. The molecule has 1 aromatic heterocycles. The Kier molecular flexibility index (Phi) is 2.68. The molecule has 0 aliphatic carbocycles. The number of rotatable bonds is 2. The smallest absolute Gasteiger partial charge is 0.384 e. The number of hydrogen-bond acceptors (Lipinski definition) is 3. The highest BCUT2D eigenvalue weighted by Gasteiger charge is 2.29. The number of alkyl halides is 3. The van der Waals surface area contributed by atoms with Crippen LogP contribution in [0.25, 0.3) is 0 Å². The summed E-state index contributed by atoms with van der Waals surface area (Å²) in [6.45, 7) is 0. The van der Waals surface area contributed by atoms with Gasteiger partial charge < -0.3 is 5.73 Å². The average Bonchev–Trinajstić information content (AvgIpc) is 2.02. The van der Waals surface area contributed by atoms with Crippen molar-refractivity contribution in [3.8, 4) is 0 Å². The first-order valence-corrected chi connectivity index (χ1v) is 3.60. The third-order valence-corrected chi connectivity index (χ3v) is 1.37. The minimum atomic E-state index is -4.32. The average molecular weight is 204 g/mol. The maximum atomic E-state index is 11.9. The Hall–Kier alpha value is -1.66. The van der Waals surface area contributed by atoms with Gasteiger partial charge in [0.15, 0.2) is 0 Å². The Labute approximate surface area is 77.5 Å². The SMILES string of the molecule is N=C(N)c1cnc(CC(F)(F)F)nc1. The highest BCUT2D eigenvalue weighted by atomic mass is 19.4. The van der Waals surface area contributed by atoms with E-state index in [-0.39, 0.29) is 17.2 Å². The highest BCUT2D eigenvalue weighted by molar-refractivity contribution is 5.94. The second kappa shape index (κ2) is 3.60. The van der Waals surface area contributed by atoms with Crippen LogP contribution in [0, 0.1) is 5.41 Å². The third-order valence-electron chi connectivity index (χ3n) is 1.37. The molecule has 14 heavy (non-hydrogen) atoms. The van der Waals surface area contributed by atoms with Gasteiger partial charge in [-0.25, -0.2) is 9.97 Å². The van der Waals surface area contributed by atoms with Crippen molar-refractivity contribution in [3.63, 3.8) is 0 Å². The van der Waals surface area contributed by atoms with Gasteiger partial charge in [-0.3, -0.25) is 5.41 Å². The predicted octanol–water partition coefficient (Wildman–Crippen LogP) is 0.865. The lowest BCUT2D eigenvalue weighted by Gasteiger charge is -2.04. The number of nitrogens with one attached hydrogen (secondary N) is 1. The first-order valence-electron chi connectivity index (χ1n) is 3.60. The molecule has 76 valence electrons. The van der Waals surface area contributed by atoms with Crippen molar-refractivity contribution < 1.29 is 13.2 Å². The van der Waals surface area contributed by atoms with Crippen molar-refractivity contribution in [2.24, 2.45) is 5.73 Å². The van der Waals surface area contributed by atoms with E-state index < -0.39 is 12.6 Å². The number of nitrogens with two attached hydrogens (primary N) is 1. The summed E-state index contributed by atoms with van der Waals surface area (Å²) in [5.41, 5.74) is 5.28. The summed E-state index contributed by atoms with van der Waals surface area (Å²) < 4.78 is 35.6. The van der Waals surface area contributed by atoms with Crippen molar-refractivity contribution in [1.29, 1.82) is 5.41 Å². The summed E-state index contributed by atoms with van der Waals surface area (Å²) >= 11 is 0. The van der Waals surface area contributed by atoms with E-state index in [2.05, 4.69) is 9.97 Å². The molecule has 0 amide bonds. The lowest BCUT2D eigenvalue weighted by Crippen LogP contribution is -2.16. The summed E-state index contributed by atoms with van der Waals surface area (Å²) in [6.07, 6.45) is -3.31. The molecule has 0 radical (unpaired) electrons. The molecule has 1 rings (SSSR count). The standard InChI is InChI=1S/C7H7F3N4/c8-7(9,10)1-5-13-2-4(3-14-5)6(11)12/h2-3H,1H2,(H3,11,12). The third kappa shape index (κ3) is 3.00. The van der Waals surface area contributed by atoms with E-state index in [0.717, 1.165) is 12.4 Å². The Bertz CT molecular complexity index is 330. The van der Waals surface area contributed by atoms with Crippen LogP contribution in [0.3, 0.4) is 0 Å². The summed E-state index contributed by atoms with van der Waals surface area (Å²) in [4.78, 5) is 6.87. The molecular weight excluding hydrogens is 197 g/mol. The molecule has 0 saturated carbocycles. The number of halogens is 3. The van der Waals surface area contributed by atoms with Gasteiger partial charge in [0.2, 0.25) is 0 Å². The summed E-state index contributed by atoms with van der Waals surface area (Å²) in [5, 5.41) is 6.96. The second-order valence-corrected chi connectivity index (χ2v) is 2.59. The van der Waals surface area contributed by atoms with Crippen LogP contribution in [0.15, 0.2) is 12.4 Å². The molecule has 7 heteroatoms. The lowest BCUT2D eigenvalue weighted by molar-refractivity contribution is -0.128. The first kappa shape index (κ1) is 10.4. The summed E-state index contributed by atoms with van der Waals surface area (Å²) in [6, 6.07) is 0. The minimum absolute atomic E-state index is 0.205. The summed E-state index contributed by atoms with van der Waals surface area (Å²) in [7, 11) is 0. The zero-order valence-electron chi connectivity index (χ0n) is 6.97. The molecule has 0 saturated heterocycles. The van der Waals surface area contributed by atoms with Gasteiger partial charge in [-0.2, -0.15) is 13.2 Å². The van der Waals surface area contributed by atoms with Crippen molar-refractivity contribution >= 4 is 5.84 Å². The number of aromatic nitrogens is 2. The van der Waals surface area contributed by atoms with Crippen molar-refractivity contribution in [2.75, 3.05) is 0 Å². The Morgan fingerprint density at radius 3 is 2.21 bits per heavy atom. The molecule has 0 bridgehead atoms. The molecule has 0 aliphatic heterocycles. The first-order chi connectivity index (χ1) is 6.38. The molecule has 0 atom stereocenters. The molecule has 0 aliphatic rings. The van der Waals surface area contributed by atoms with Crippen molar-refractivity contribution in [3.05, 3.63) is 23.8 Å². The van der Waals surface area contributed by atoms with Crippen LogP contribution in [0.5, 0.6) is 0 Å². The maximum Gasteiger partial charge on any atom is 0.396 e. The zero-order chi connectivity index (χ0) is 10.8. The second-order valence-electron chi connectivity index (χ2n) is 2.59. The van der Waals surface area contributed by atoms with Gasteiger partial charge in [0.1, 0.15) is 18.1 Å². The van der Waals surface area contributed by atoms with E-state index in [9.17, 15) is 13.2 Å². The molecule has 4 nitrogen and oxygen atoms in total. The molecule has 3 N–H and O–H groups in total. The molecule has 1 aromatic rings. The number of amidine groups is 1. The van der Waals surface area contributed by atoms with Crippen LogP contribution in [0.1, 0.15) is 11.4 Å². The van der Waals surface area contributed by atoms with E-state index in [0.29, 0.717) is 0 Å². The van der Waals surface area contributed by atoms with Gasteiger partial charge in [0.05, 0.1) is 5.56 Å². The van der Waals surface area contributed by atoms with Gasteiger partial charge >= 0.3 is 6.18 Å². The van der Waals surface area contributed by atoms with Crippen LogP contribution < -0.4 is 5.73 Å². The van der Waals surface area contributed by atoms with Gasteiger partial charge in [-0.15, -0.1) is 0 Å². The highest BCUT2D eigenvalue weighted by Crippen LogP contribution is 2.18. The fraction of sp³-hybridized carbons (Fsp3) is 0.286. The van der Waals surface area contributed by atoms with Crippen LogP contribution >= 0.6 is 0 Å². The van der Waals surface area contributed by atoms with E-state index in [1.54, 1.807) is 0 Å². The van der Waals surface area contributed by atoms with E-state index in [1.807, 2.05) is 0 Å². The molecule has 0 aromatic carbocycles. The van der Waals surface area contributed by atoms with Gasteiger partial charge in [-0.1, -0.05) is 0 Å². The molecule has 0 fully saturated rings. The largest absolute Gasteiger partial charge is 0.396 e. The van der Waals surface area contributed by atoms with Crippen molar-refractivity contribution in [1.82, 2.24) is 9.97 Å². The number of nitrogen functional groups attached to an aromatic ring is 1. The summed E-state index contributed by atoms with van der Waals surface area (Å²) in [5.74, 6) is -0.606. The molecule has 1 heterocycles. The van der Waals surface area contributed by atoms with Crippen LogP contribution in [0.2, 0.25) is 0 Å². The maximum absolute atomic E-state index is 11.9. The monoisotopic (exact) mass is 204 g/mol. The lowest BCUT2D eigenvalue weighted by atomic mass is 10.3. The van der Waals surface area contributed by atoms with Crippen LogP contribution in [-0.4, -0.2) is 22.0 Å². The molecule has 0 unspecified atom stereocenters. The Morgan fingerprint density at radius 1 is 1.36 bits per heavy atom. The topological polar surface area (TPSA) is 75.7 Å². The normalized spacial score (nSPS) is 11.4. The zero-order valence-corrected chi connectivity index (χ0v) is 6.97. The van der Waals surface area contributed by atoms with Gasteiger partial charge in [0, 0.05) is 12.4 Å². The minimum Gasteiger partial charge on any atom is -0.384 e.